The highest BCUT2D eigenvalue weighted by atomic mass is 16.4. The molecule has 2 N–H and O–H groups in total. The largest absolute Gasteiger partial charge is 0.478 e. The smallest absolute Gasteiger partial charge is 0.335 e. The van der Waals surface area contributed by atoms with Gasteiger partial charge in [0, 0.05) is 12.5 Å². The summed E-state index contributed by atoms with van der Waals surface area (Å²) < 4.78 is 0. The van der Waals surface area contributed by atoms with Crippen molar-refractivity contribution in [3.63, 3.8) is 0 Å². The number of nitrogens with one attached hydrogen (secondary N) is 1. The number of aromatic carboxylic acids is 1. The Labute approximate surface area is 93.3 Å². The fourth-order valence-electron chi connectivity index (χ4n) is 1.01. The summed E-state index contributed by atoms with van der Waals surface area (Å²) in [5, 5.41) is 11.2. The lowest BCUT2D eigenvalue weighted by molar-refractivity contribution is -0.118. The highest BCUT2D eigenvalue weighted by Gasteiger charge is 1.99. The van der Waals surface area contributed by atoms with Gasteiger partial charge < -0.3 is 10.4 Å². The van der Waals surface area contributed by atoms with E-state index in [-0.39, 0.29) is 18.0 Å². The van der Waals surface area contributed by atoms with Crippen LogP contribution in [-0.2, 0) is 4.79 Å². The zero-order valence-electron chi connectivity index (χ0n) is 8.78. The third-order valence-corrected chi connectivity index (χ3v) is 1.79. The number of carboxylic acids is 1. The molecule has 1 amide bonds. The van der Waals surface area contributed by atoms with E-state index in [9.17, 15) is 9.59 Å². The summed E-state index contributed by atoms with van der Waals surface area (Å²) in [7, 11) is 0. The molecule has 4 heteroatoms. The summed E-state index contributed by atoms with van der Waals surface area (Å²) in [5.74, 6) is 4.47. The number of hydrogen-bond donors (Lipinski definition) is 2. The molecule has 0 unspecified atom stereocenters. The Morgan fingerprint density at radius 2 is 1.94 bits per heavy atom. The Balaban J connectivity index is 2.61. The molecule has 0 aromatic heterocycles. The lowest BCUT2D eigenvalue weighted by Crippen LogP contribution is -2.19. The minimum atomic E-state index is -0.960. The van der Waals surface area contributed by atoms with Crippen molar-refractivity contribution in [2.75, 3.05) is 6.54 Å². The normalized spacial score (nSPS) is 8.81. The number of hydrogen-bond acceptors (Lipinski definition) is 2. The van der Waals surface area contributed by atoms with E-state index in [0.717, 1.165) is 5.56 Å². The van der Waals surface area contributed by atoms with E-state index in [1.165, 1.54) is 19.1 Å². The Morgan fingerprint density at radius 3 is 2.44 bits per heavy atom. The van der Waals surface area contributed by atoms with E-state index in [4.69, 9.17) is 5.11 Å². The zero-order valence-corrected chi connectivity index (χ0v) is 8.78. The second-order valence-corrected chi connectivity index (χ2v) is 3.09. The molecule has 0 aliphatic heterocycles. The fraction of sp³-hybridized carbons (Fsp3) is 0.167. The first-order valence-corrected chi connectivity index (χ1v) is 4.66. The monoisotopic (exact) mass is 217 g/mol. The second kappa shape index (κ2) is 5.56. The predicted octanol–water partition coefficient (Wildman–Crippen LogP) is 0.872. The third kappa shape index (κ3) is 3.84. The molecule has 0 saturated carbocycles. The van der Waals surface area contributed by atoms with Gasteiger partial charge in [0.1, 0.15) is 0 Å². The minimum absolute atomic E-state index is 0.129. The van der Waals surface area contributed by atoms with Gasteiger partial charge in [0.15, 0.2) is 0 Å². The molecule has 0 heterocycles. The van der Waals surface area contributed by atoms with Crippen molar-refractivity contribution in [1.82, 2.24) is 5.32 Å². The fourth-order valence-corrected chi connectivity index (χ4v) is 1.01. The summed E-state index contributed by atoms with van der Waals surface area (Å²) in [4.78, 5) is 21.1. The zero-order chi connectivity index (χ0) is 12.0. The maximum atomic E-state index is 10.6. The van der Waals surface area contributed by atoms with Crippen LogP contribution in [0, 0.1) is 11.8 Å². The van der Waals surface area contributed by atoms with E-state index in [1.54, 1.807) is 12.1 Å². The highest BCUT2D eigenvalue weighted by Crippen LogP contribution is 2.02. The van der Waals surface area contributed by atoms with E-state index in [0.29, 0.717) is 0 Å². The second-order valence-electron chi connectivity index (χ2n) is 3.09. The van der Waals surface area contributed by atoms with Crippen LogP contribution in [0.4, 0.5) is 0 Å². The van der Waals surface area contributed by atoms with Gasteiger partial charge in [-0.3, -0.25) is 4.79 Å². The number of rotatable bonds is 2. The molecule has 0 atom stereocenters. The van der Waals surface area contributed by atoms with Crippen molar-refractivity contribution in [2.45, 2.75) is 6.92 Å². The Bertz CT molecular complexity index is 451. The predicted molar refractivity (Wildman–Crippen MR) is 59.0 cm³/mol. The van der Waals surface area contributed by atoms with Crippen molar-refractivity contribution < 1.29 is 14.7 Å². The molecule has 82 valence electrons. The summed E-state index contributed by atoms with van der Waals surface area (Å²) in [6.45, 7) is 1.71. The standard InChI is InChI=1S/C12H11NO3/c1-9(14)13-8-2-3-10-4-6-11(7-5-10)12(15)16/h4-7H,8H2,1H3,(H,13,14)(H,15,16). The molecule has 0 aliphatic carbocycles. The number of carbonyl (C=O) groups is 2. The van der Waals surface area contributed by atoms with Gasteiger partial charge in [-0.05, 0) is 24.3 Å². The molecule has 1 rings (SSSR count). The Hall–Kier alpha value is -2.28. The van der Waals surface area contributed by atoms with Gasteiger partial charge in [-0.15, -0.1) is 0 Å². The van der Waals surface area contributed by atoms with Gasteiger partial charge >= 0.3 is 5.97 Å². The molecule has 16 heavy (non-hydrogen) atoms. The van der Waals surface area contributed by atoms with Crippen LogP contribution in [0.25, 0.3) is 0 Å². The van der Waals surface area contributed by atoms with Gasteiger partial charge in [-0.2, -0.15) is 0 Å². The average molecular weight is 217 g/mol. The van der Waals surface area contributed by atoms with E-state index in [1.807, 2.05) is 0 Å². The summed E-state index contributed by atoms with van der Waals surface area (Å²) in [5.41, 5.74) is 0.947. The highest BCUT2D eigenvalue weighted by molar-refractivity contribution is 5.87. The minimum Gasteiger partial charge on any atom is -0.478 e. The van der Waals surface area contributed by atoms with Crippen molar-refractivity contribution in [2.24, 2.45) is 0 Å². The number of carboxylic acid groups (broad SMARTS) is 1. The molecule has 0 spiro atoms. The van der Waals surface area contributed by atoms with Crippen molar-refractivity contribution >= 4 is 11.9 Å². The van der Waals surface area contributed by atoms with Gasteiger partial charge in [-0.25, -0.2) is 4.79 Å². The summed E-state index contributed by atoms with van der Waals surface area (Å²) in [6.07, 6.45) is 0. The van der Waals surface area contributed by atoms with Crippen LogP contribution in [0.1, 0.15) is 22.8 Å². The maximum absolute atomic E-state index is 10.6. The number of amides is 1. The Kier molecular flexibility index (Phi) is 4.10. The van der Waals surface area contributed by atoms with Crippen LogP contribution in [0.5, 0.6) is 0 Å². The molecule has 0 fully saturated rings. The molecular formula is C12H11NO3. The SMILES string of the molecule is CC(=O)NCC#Cc1ccc(C(=O)O)cc1. The summed E-state index contributed by atoms with van der Waals surface area (Å²) >= 11 is 0. The molecule has 1 aromatic carbocycles. The van der Waals surface area contributed by atoms with E-state index < -0.39 is 5.97 Å². The van der Waals surface area contributed by atoms with Gasteiger partial charge in [0.25, 0.3) is 0 Å². The first-order valence-electron chi connectivity index (χ1n) is 4.66. The molecule has 1 aromatic rings. The molecule has 4 nitrogen and oxygen atoms in total. The van der Waals surface area contributed by atoms with Crippen LogP contribution in [0.15, 0.2) is 24.3 Å². The average Bonchev–Trinajstić information content (AvgIpc) is 2.25. The maximum Gasteiger partial charge on any atom is 0.335 e. The van der Waals surface area contributed by atoms with Crippen LogP contribution in [0.2, 0.25) is 0 Å². The number of carbonyl (C=O) groups excluding carboxylic acids is 1. The molecular weight excluding hydrogens is 206 g/mol. The quantitative estimate of drug-likeness (QED) is 0.722. The van der Waals surface area contributed by atoms with E-state index >= 15 is 0 Å². The lowest BCUT2D eigenvalue weighted by atomic mass is 10.1. The molecule has 0 saturated heterocycles. The van der Waals surface area contributed by atoms with Gasteiger partial charge in [0.2, 0.25) is 5.91 Å². The lowest BCUT2D eigenvalue weighted by Gasteiger charge is -1.94. The third-order valence-electron chi connectivity index (χ3n) is 1.79. The Morgan fingerprint density at radius 1 is 1.31 bits per heavy atom. The first-order chi connectivity index (χ1) is 7.59. The van der Waals surface area contributed by atoms with Crippen LogP contribution < -0.4 is 5.32 Å². The van der Waals surface area contributed by atoms with Crippen molar-refractivity contribution in [3.05, 3.63) is 35.4 Å². The van der Waals surface area contributed by atoms with Crippen LogP contribution in [-0.4, -0.2) is 23.5 Å². The first kappa shape index (κ1) is 11.8. The van der Waals surface area contributed by atoms with Gasteiger partial charge in [-0.1, -0.05) is 11.8 Å². The van der Waals surface area contributed by atoms with Crippen LogP contribution >= 0.6 is 0 Å². The van der Waals surface area contributed by atoms with Crippen LogP contribution in [0.3, 0.4) is 0 Å². The molecule has 0 bridgehead atoms. The molecule has 0 aliphatic rings. The topological polar surface area (TPSA) is 66.4 Å². The van der Waals surface area contributed by atoms with Crippen molar-refractivity contribution in [1.29, 1.82) is 0 Å². The molecule has 0 radical (unpaired) electrons. The number of benzene rings is 1. The summed E-state index contributed by atoms with van der Waals surface area (Å²) in [6, 6.07) is 6.24. The van der Waals surface area contributed by atoms with Crippen molar-refractivity contribution in [3.8, 4) is 11.8 Å². The van der Waals surface area contributed by atoms with Gasteiger partial charge in [0.05, 0.1) is 12.1 Å². The van der Waals surface area contributed by atoms with E-state index in [2.05, 4.69) is 17.2 Å².